The molecule has 0 fully saturated rings. The third-order valence-electron chi connectivity index (χ3n) is 4.93. The monoisotopic (exact) mass is 478 g/mol. The van der Waals surface area contributed by atoms with Gasteiger partial charge in [-0.1, -0.05) is 30.3 Å². The molecule has 0 aromatic heterocycles. The molecule has 0 aliphatic rings. The molecule has 0 saturated heterocycles. The summed E-state index contributed by atoms with van der Waals surface area (Å²) in [6, 6.07) is 8.49. The molecule has 192 valence electrons. The number of aryl methyl sites for hydroxylation is 1. The lowest BCUT2D eigenvalue weighted by Crippen LogP contribution is -2.52. The van der Waals surface area contributed by atoms with Crippen molar-refractivity contribution in [2.24, 2.45) is 0 Å². The van der Waals surface area contributed by atoms with Gasteiger partial charge in [-0.2, -0.15) is 0 Å². The van der Waals surface area contributed by atoms with E-state index in [1.54, 1.807) is 34.6 Å². The Morgan fingerprint density at radius 2 is 1.74 bits per heavy atom. The van der Waals surface area contributed by atoms with Crippen LogP contribution in [-0.4, -0.2) is 73.3 Å². The minimum atomic E-state index is -0.695. The molecule has 34 heavy (non-hydrogen) atoms. The van der Waals surface area contributed by atoms with Gasteiger partial charge in [0.1, 0.15) is 18.2 Å². The number of ether oxygens (including phenoxy) is 3. The summed E-state index contributed by atoms with van der Waals surface area (Å²) in [6.07, 6.45) is 1.73. The zero-order valence-corrected chi connectivity index (χ0v) is 21.6. The minimum absolute atomic E-state index is 0.164. The molecular weight excluding hydrogens is 436 g/mol. The van der Waals surface area contributed by atoms with Gasteiger partial charge in [0, 0.05) is 19.8 Å². The van der Waals surface area contributed by atoms with Crippen molar-refractivity contribution in [3.8, 4) is 0 Å². The van der Waals surface area contributed by atoms with Gasteiger partial charge in [-0.25, -0.2) is 0 Å². The largest absolute Gasteiger partial charge is 0.465 e. The number of hydrogen-bond acceptors (Lipinski definition) is 7. The summed E-state index contributed by atoms with van der Waals surface area (Å²) in [5.41, 5.74) is 0.452. The standard InChI is InChI=1S/C26H42N2O6/c1-7-32-18-12-17-28(19-23(29)34-26(4,5)6)24(30)20(3)27-22(25(31)33-8-2)16-15-21-13-10-9-11-14-21/h9-11,13-14,20,22,27H,7-8,12,15-19H2,1-6H3/t20-,22?/m0/s1. The van der Waals surface area contributed by atoms with Crippen LogP contribution in [0.5, 0.6) is 0 Å². The topological polar surface area (TPSA) is 94.2 Å². The molecule has 1 aromatic carbocycles. The van der Waals surface area contributed by atoms with Crippen LogP contribution in [0, 0.1) is 0 Å². The summed E-state index contributed by atoms with van der Waals surface area (Å²) in [5, 5.41) is 3.13. The molecule has 0 spiro atoms. The van der Waals surface area contributed by atoms with Crippen molar-refractivity contribution < 1.29 is 28.6 Å². The maximum absolute atomic E-state index is 13.3. The third-order valence-corrected chi connectivity index (χ3v) is 4.93. The van der Waals surface area contributed by atoms with Crippen LogP contribution in [0.25, 0.3) is 0 Å². The first kappa shape index (κ1) is 29.6. The summed E-state index contributed by atoms with van der Waals surface area (Å²) in [6.45, 7) is 12.2. The Morgan fingerprint density at radius 3 is 2.32 bits per heavy atom. The number of carbonyl (C=O) groups excluding carboxylic acids is 3. The average molecular weight is 479 g/mol. The molecule has 0 radical (unpaired) electrons. The molecule has 0 heterocycles. The summed E-state index contributed by atoms with van der Waals surface area (Å²) < 4.78 is 16.0. The second-order valence-corrected chi connectivity index (χ2v) is 9.11. The molecule has 0 bridgehead atoms. The van der Waals surface area contributed by atoms with Crippen LogP contribution in [0.1, 0.15) is 59.9 Å². The van der Waals surface area contributed by atoms with Crippen molar-refractivity contribution in [3.05, 3.63) is 35.9 Å². The Labute approximate surface area is 204 Å². The second-order valence-electron chi connectivity index (χ2n) is 9.11. The highest BCUT2D eigenvalue weighted by atomic mass is 16.6. The Kier molecular flexibility index (Phi) is 13.4. The fourth-order valence-corrected chi connectivity index (χ4v) is 3.41. The summed E-state index contributed by atoms with van der Waals surface area (Å²) in [5.74, 6) is -1.15. The molecule has 1 rings (SSSR count). The van der Waals surface area contributed by atoms with Gasteiger partial charge in [0.15, 0.2) is 0 Å². The molecular formula is C26H42N2O6. The SMILES string of the molecule is CCOCCCN(CC(=O)OC(C)(C)C)C(=O)[C@H](C)NC(CCc1ccccc1)C(=O)OCC. The number of hydrogen-bond donors (Lipinski definition) is 1. The van der Waals surface area contributed by atoms with Crippen LogP contribution in [0.15, 0.2) is 30.3 Å². The normalized spacial score (nSPS) is 13.1. The Balaban J connectivity index is 2.87. The Morgan fingerprint density at radius 1 is 1.06 bits per heavy atom. The molecule has 1 amide bonds. The first-order chi connectivity index (χ1) is 16.1. The number of nitrogens with zero attached hydrogens (tertiary/aromatic N) is 1. The molecule has 0 aliphatic heterocycles. The summed E-state index contributed by atoms with van der Waals surface area (Å²) >= 11 is 0. The highest BCUT2D eigenvalue weighted by Crippen LogP contribution is 2.11. The zero-order chi connectivity index (χ0) is 25.6. The van der Waals surface area contributed by atoms with Crippen molar-refractivity contribution in [1.82, 2.24) is 10.2 Å². The van der Waals surface area contributed by atoms with E-state index in [9.17, 15) is 14.4 Å². The van der Waals surface area contributed by atoms with Gasteiger partial charge in [0.25, 0.3) is 0 Å². The highest BCUT2D eigenvalue weighted by molar-refractivity contribution is 5.86. The van der Waals surface area contributed by atoms with E-state index in [1.807, 2.05) is 37.3 Å². The van der Waals surface area contributed by atoms with Crippen molar-refractivity contribution >= 4 is 17.8 Å². The van der Waals surface area contributed by atoms with Crippen molar-refractivity contribution in [1.29, 1.82) is 0 Å². The first-order valence-electron chi connectivity index (χ1n) is 12.1. The van der Waals surface area contributed by atoms with E-state index in [4.69, 9.17) is 14.2 Å². The lowest BCUT2D eigenvalue weighted by Gasteiger charge is -2.29. The molecule has 8 heteroatoms. The Hall–Kier alpha value is -2.45. The van der Waals surface area contributed by atoms with Crippen LogP contribution < -0.4 is 5.32 Å². The van der Waals surface area contributed by atoms with E-state index >= 15 is 0 Å². The second kappa shape index (κ2) is 15.5. The van der Waals surface area contributed by atoms with E-state index in [0.29, 0.717) is 39.0 Å². The Bertz CT molecular complexity index is 747. The fourth-order valence-electron chi connectivity index (χ4n) is 3.41. The van der Waals surface area contributed by atoms with Crippen LogP contribution in [0.2, 0.25) is 0 Å². The number of carbonyl (C=O) groups is 3. The van der Waals surface area contributed by atoms with Gasteiger partial charge in [-0.05, 0) is 66.4 Å². The summed E-state index contributed by atoms with van der Waals surface area (Å²) in [4.78, 5) is 39.7. The first-order valence-corrected chi connectivity index (χ1v) is 12.1. The quantitative estimate of drug-likeness (QED) is 0.306. The predicted molar refractivity (Wildman–Crippen MR) is 131 cm³/mol. The maximum Gasteiger partial charge on any atom is 0.326 e. The molecule has 0 saturated carbocycles. The van der Waals surface area contributed by atoms with Crippen molar-refractivity contribution in [2.75, 3.05) is 32.9 Å². The highest BCUT2D eigenvalue weighted by Gasteiger charge is 2.29. The average Bonchev–Trinajstić information content (AvgIpc) is 2.77. The van der Waals surface area contributed by atoms with Gasteiger partial charge < -0.3 is 19.1 Å². The fraction of sp³-hybridized carbons (Fsp3) is 0.654. The van der Waals surface area contributed by atoms with Crippen LogP contribution in [0.3, 0.4) is 0 Å². The van der Waals surface area contributed by atoms with E-state index < -0.39 is 29.6 Å². The van der Waals surface area contributed by atoms with E-state index in [0.717, 1.165) is 5.56 Å². The van der Waals surface area contributed by atoms with Crippen LogP contribution in [-0.2, 0) is 35.0 Å². The van der Waals surface area contributed by atoms with Crippen molar-refractivity contribution in [2.45, 2.75) is 78.5 Å². The predicted octanol–water partition coefficient (Wildman–Crippen LogP) is 3.13. The number of benzene rings is 1. The molecule has 0 aliphatic carbocycles. The molecule has 8 nitrogen and oxygen atoms in total. The number of amides is 1. The summed E-state index contributed by atoms with van der Waals surface area (Å²) in [7, 11) is 0. The van der Waals surface area contributed by atoms with E-state index in [1.165, 1.54) is 4.90 Å². The maximum atomic E-state index is 13.3. The smallest absolute Gasteiger partial charge is 0.326 e. The van der Waals surface area contributed by atoms with Gasteiger partial charge in [-0.15, -0.1) is 0 Å². The van der Waals surface area contributed by atoms with Gasteiger partial charge in [0.2, 0.25) is 5.91 Å². The molecule has 2 atom stereocenters. The van der Waals surface area contributed by atoms with Crippen LogP contribution in [0.4, 0.5) is 0 Å². The molecule has 1 N–H and O–H groups in total. The number of rotatable bonds is 15. The molecule has 1 aromatic rings. The van der Waals surface area contributed by atoms with Gasteiger partial charge in [-0.3, -0.25) is 19.7 Å². The number of nitrogens with one attached hydrogen (secondary N) is 1. The van der Waals surface area contributed by atoms with E-state index in [2.05, 4.69) is 5.32 Å². The van der Waals surface area contributed by atoms with Gasteiger partial charge in [0.05, 0.1) is 12.6 Å². The lowest BCUT2D eigenvalue weighted by atomic mass is 10.0. The van der Waals surface area contributed by atoms with Crippen LogP contribution >= 0.6 is 0 Å². The van der Waals surface area contributed by atoms with Crippen molar-refractivity contribution in [3.63, 3.8) is 0 Å². The zero-order valence-electron chi connectivity index (χ0n) is 21.6. The van der Waals surface area contributed by atoms with Gasteiger partial charge >= 0.3 is 11.9 Å². The third kappa shape index (κ3) is 12.1. The lowest BCUT2D eigenvalue weighted by molar-refractivity contribution is -0.159. The molecule has 1 unspecified atom stereocenters. The minimum Gasteiger partial charge on any atom is -0.465 e. The van der Waals surface area contributed by atoms with E-state index in [-0.39, 0.29) is 19.1 Å². The number of esters is 2.